The number of sulfone groups is 1. The molecular formula is C25H21FN2O4S. The van der Waals surface area contributed by atoms with Gasteiger partial charge in [0.1, 0.15) is 17.3 Å². The third-order valence-electron chi connectivity index (χ3n) is 5.27. The Hall–Kier alpha value is -3.78. The van der Waals surface area contributed by atoms with Gasteiger partial charge in [-0.3, -0.25) is 9.59 Å². The van der Waals surface area contributed by atoms with Crippen molar-refractivity contribution in [3.8, 4) is 0 Å². The second-order valence-electron chi connectivity index (χ2n) is 7.84. The summed E-state index contributed by atoms with van der Waals surface area (Å²) in [5, 5.41) is 2.96. The van der Waals surface area contributed by atoms with Crippen LogP contribution in [0.1, 0.15) is 11.1 Å². The first-order valence-electron chi connectivity index (χ1n) is 10.2. The van der Waals surface area contributed by atoms with Crippen molar-refractivity contribution in [1.82, 2.24) is 4.57 Å². The summed E-state index contributed by atoms with van der Waals surface area (Å²) in [6.07, 6.45) is 1.17. The predicted molar refractivity (Wildman–Crippen MR) is 125 cm³/mol. The summed E-state index contributed by atoms with van der Waals surface area (Å²) in [4.78, 5) is 25.2. The van der Waals surface area contributed by atoms with Crippen molar-refractivity contribution in [3.05, 3.63) is 100 Å². The van der Waals surface area contributed by atoms with Gasteiger partial charge in [0.25, 0.3) is 0 Å². The number of carbonyl (C=O) groups is 1. The van der Waals surface area contributed by atoms with Crippen LogP contribution >= 0.6 is 0 Å². The maximum atomic E-state index is 13.3. The number of rotatable bonds is 5. The van der Waals surface area contributed by atoms with Crippen LogP contribution in [-0.2, 0) is 21.2 Å². The largest absolute Gasteiger partial charge is 0.336 e. The average Bonchev–Trinajstić information content (AvgIpc) is 2.77. The van der Waals surface area contributed by atoms with E-state index in [9.17, 15) is 22.4 Å². The van der Waals surface area contributed by atoms with Crippen LogP contribution < -0.4 is 10.7 Å². The predicted octanol–water partition coefficient (Wildman–Crippen LogP) is 4.23. The van der Waals surface area contributed by atoms with Crippen LogP contribution in [0.3, 0.4) is 0 Å². The second kappa shape index (κ2) is 8.63. The van der Waals surface area contributed by atoms with E-state index in [4.69, 9.17) is 0 Å². The molecule has 0 aliphatic heterocycles. The maximum Gasteiger partial charge on any atom is 0.244 e. The normalized spacial score (nSPS) is 11.5. The second-order valence-corrected chi connectivity index (χ2v) is 9.76. The van der Waals surface area contributed by atoms with E-state index in [1.807, 2.05) is 19.1 Å². The number of nitrogens with zero attached hydrogens (tertiary/aromatic N) is 1. The van der Waals surface area contributed by atoms with E-state index in [2.05, 4.69) is 5.32 Å². The van der Waals surface area contributed by atoms with E-state index in [0.29, 0.717) is 11.2 Å². The molecule has 0 fully saturated rings. The SMILES string of the molecule is Cc1ccc(NC(=O)Cn2cc(S(=O)(=O)c3ccc(F)cc3)c(=O)c3cc(C)ccc32)cc1. The summed E-state index contributed by atoms with van der Waals surface area (Å²) < 4.78 is 41.2. The summed E-state index contributed by atoms with van der Waals surface area (Å²) in [5.74, 6) is -0.970. The fourth-order valence-corrected chi connectivity index (χ4v) is 4.91. The van der Waals surface area contributed by atoms with Crippen LogP contribution in [-0.4, -0.2) is 18.9 Å². The number of fused-ring (bicyclic) bond motifs is 1. The topological polar surface area (TPSA) is 85.2 Å². The Kier molecular flexibility index (Phi) is 5.86. The first-order chi connectivity index (χ1) is 15.6. The van der Waals surface area contributed by atoms with Gasteiger partial charge in [-0.05, 0) is 62.4 Å². The Morgan fingerprint density at radius 1 is 0.939 bits per heavy atom. The van der Waals surface area contributed by atoms with Gasteiger partial charge in [0.05, 0.1) is 10.4 Å². The van der Waals surface area contributed by atoms with Crippen molar-refractivity contribution in [2.24, 2.45) is 0 Å². The van der Waals surface area contributed by atoms with Gasteiger partial charge in [-0.2, -0.15) is 0 Å². The van der Waals surface area contributed by atoms with Crippen molar-refractivity contribution in [2.75, 3.05) is 5.32 Å². The Morgan fingerprint density at radius 3 is 2.24 bits per heavy atom. The number of carbonyl (C=O) groups excluding carboxylic acids is 1. The standard InChI is InChI=1S/C25H21FN2O4S/c1-16-3-8-19(9-4-16)27-24(29)15-28-14-23(25(30)21-13-17(2)5-12-22(21)28)33(31,32)20-10-6-18(26)7-11-20/h3-14H,15H2,1-2H3,(H,27,29). The van der Waals surface area contributed by atoms with E-state index >= 15 is 0 Å². The Morgan fingerprint density at radius 2 is 1.58 bits per heavy atom. The van der Waals surface area contributed by atoms with Crippen LogP contribution in [0, 0.1) is 19.7 Å². The molecule has 4 aromatic rings. The zero-order valence-corrected chi connectivity index (χ0v) is 18.8. The van der Waals surface area contributed by atoms with Gasteiger partial charge in [0.2, 0.25) is 21.2 Å². The molecule has 3 aromatic carbocycles. The van der Waals surface area contributed by atoms with Gasteiger partial charge in [-0.15, -0.1) is 0 Å². The van der Waals surface area contributed by atoms with Gasteiger partial charge in [0, 0.05) is 17.3 Å². The third-order valence-corrected chi connectivity index (χ3v) is 7.03. The number of hydrogen-bond acceptors (Lipinski definition) is 4. The van der Waals surface area contributed by atoms with Crippen LogP contribution in [0.15, 0.2) is 87.5 Å². The van der Waals surface area contributed by atoms with Crippen molar-refractivity contribution < 1.29 is 17.6 Å². The highest BCUT2D eigenvalue weighted by Gasteiger charge is 2.24. The van der Waals surface area contributed by atoms with Crippen LogP contribution in [0.25, 0.3) is 10.9 Å². The Bertz CT molecular complexity index is 1520. The van der Waals surface area contributed by atoms with E-state index in [0.717, 1.165) is 35.4 Å². The summed E-state index contributed by atoms with van der Waals surface area (Å²) in [7, 11) is -4.24. The molecule has 0 radical (unpaired) electrons. The van der Waals surface area contributed by atoms with Crippen LogP contribution in [0.5, 0.6) is 0 Å². The first kappa shape index (κ1) is 22.4. The molecule has 0 atom stereocenters. The number of hydrogen-bond donors (Lipinski definition) is 1. The minimum atomic E-state index is -4.24. The smallest absolute Gasteiger partial charge is 0.244 e. The molecule has 0 saturated carbocycles. The lowest BCUT2D eigenvalue weighted by molar-refractivity contribution is -0.116. The molecule has 0 saturated heterocycles. The zero-order chi connectivity index (χ0) is 23.8. The van der Waals surface area contributed by atoms with E-state index in [-0.39, 0.29) is 22.7 Å². The van der Waals surface area contributed by atoms with Crippen molar-refractivity contribution in [3.63, 3.8) is 0 Å². The highest BCUT2D eigenvalue weighted by Crippen LogP contribution is 2.22. The quantitative estimate of drug-likeness (QED) is 0.448. The Labute approximate surface area is 190 Å². The van der Waals surface area contributed by atoms with E-state index in [1.165, 1.54) is 10.8 Å². The average molecular weight is 465 g/mol. The fourth-order valence-electron chi connectivity index (χ4n) is 3.54. The fraction of sp³-hybridized carbons (Fsp3) is 0.120. The molecule has 168 valence electrons. The summed E-state index contributed by atoms with van der Waals surface area (Å²) in [5.41, 5.74) is 2.18. The molecule has 8 heteroatoms. The van der Waals surface area contributed by atoms with Gasteiger partial charge in [-0.25, -0.2) is 12.8 Å². The number of nitrogens with one attached hydrogen (secondary N) is 1. The molecule has 33 heavy (non-hydrogen) atoms. The molecule has 6 nitrogen and oxygen atoms in total. The van der Waals surface area contributed by atoms with Crippen molar-refractivity contribution in [1.29, 1.82) is 0 Å². The third kappa shape index (κ3) is 4.56. The van der Waals surface area contributed by atoms with Crippen LogP contribution in [0.4, 0.5) is 10.1 Å². The number of amides is 1. The number of anilines is 1. The lowest BCUT2D eigenvalue weighted by Crippen LogP contribution is -2.24. The molecule has 0 spiro atoms. The zero-order valence-electron chi connectivity index (χ0n) is 18.0. The molecule has 0 aliphatic carbocycles. The van der Waals surface area contributed by atoms with Gasteiger partial charge in [-0.1, -0.05) is 29.3 Å². The monoisotopic (exact) mass is 464 g/mol. The number of halogens is 1. The molecule has 1 heterocycles. The molecule has 0 bridgehead atoms. The van der Waals surface area contributed by atoms with Gasteiger partial charge in [0.15, 0.2) is 0 Å². The maximum absolute atomic E-state index is 13.3. The summed E-state index contributed by atoms with van der Waals surface area (Å²) in [6.45, 7) is 3.51. The van der Waals surface area contributed by atoms with Gasteiger partial charge < -0.3 is 9.88 Å². The molecule has 4 rings (SSSR count). The summed E-state index contributed by atoms with van der Waals surface area (Å²) >= 11 is 0. The Balaban J connectivity index is 1.81. The number of aromatic nitrogens is 1. The summed E-state index contributed by atoms with van der Waals surface area (Å²) in [6, 6.07) is 16.6. The van der Waals surface area contributed by atoms with Gasteiger partial charge >= 0.3 is 0 Å². The molecule has 1 aromatic heterocycles. The number of pyridine rings is 1. The molecular weight excluding hydrogens is 443 g/mol. The van der Waals surface area contributed by atoms with Crippen LogP contribution in [0.2, 0.25) is 0 Å². The van der Waals surface area contributed by atoms with E-state index in [1.54, 1.807) is 37.3 Å². The lowest BCUT2D eigenvalue weighted by atomic mass is 10.1. The number of aryl methyl sites for hydroxylation is 2. The molecule has 1 N–H and O–H groups in total. The molecule has 0 unspecified atom stereocenters. The van der Waals surface area contributed by atoms with Crippen molar-refractivity contribution >= 4 is 32.3 Å². The highest BCUT2D eigenvalue weighted by molar-refractivity contribution is 7.91. The van der Waals surface area contributed by atoms with E-state index < -0.39 is 26.0 Å². The molecule has 0 aliphatic rings. The minimum absolute atomic E-state index is 0.182. The van der Waals surface area contributed by atoms with Crippen molar-refractivity contribution in [2.45, 2.75) is 30.2 Å². The minimum Gasteiger partial charge on any atom is -0.336 e. The first-order valence-corrected chi connectivity index (χ1v) is 11.6. The molecule has 1 amide bonds. The number of benzene rings is 3. The highest BCUT2D eigenvalue weighted by atomic mass is 32.2. The lowest BCUT2D eigenvalue weighted by Gasteiger charge is -2.14.